The third kappa shape index (κ3) is 6.33. The molecule has 0 aromatic carbocycles. The zero-order chi connectivity index (χ0) is 19.2. The Morgan fingerprint density at radius 1 is 1.23 bits per heavy atom. The summed E-state index contributed by atoms with van der Waals surface area (Å²) in [5.41, 5.74) is 0. The van der Waals surface area contributed by atoms with Crippen LogP contribution < -0.4 is 10.2 Å². The molecule has 0 aliphatic carbocycles. The van der Waals surface area contributed by atoms with Gasteiger partial charge in [-0.3, -0.25) is 0 Å². The Morgan fingerprint density at radius 3 is 2.50 bits per heavy atom. The van der Waals surface area contributed by atoms with Gasteiger partial charge in [-0.25, -0.2) is 18.2 Å². The van der Waals surface area contributed by atoms with Crippen molar-refractivity contribution in [1.82, 2.24) is 14.6 Å². The summed E-state index contributed by atoms with van der Waals surface area (Å²) in [4.78, 5) is 17.3. The van der Waals surface area contributed by atoms with Crippen LogP contribution in [-0.4, -0.2) is 75.1 Å². The van der Waals surface area contributed by atoms with E-state index in [1.54, 1.807) is 12.3 Å². The van der Waals surface area contributed by atoms with Gasteiger partial charge in [0.05, 0.1) is 5.75 Å². The van der Waals surface area contributed by atoms with Crippen LogP contribution in [0.15, 0.2) is 24.4 Å². The molecule has 1 aromatic heterocycles. The minimum atomic E-state index is -4.63. The topological polar surface area (TPSA) is 91.8 Å². The van der Waals surface area contributed by atoms with Crippen molar-refractivity contribution in [1.29, 1.82) is 0 Å². The van der Waals surface area contributed by atoms with Gasteiger partial charge < -0.3 is 15.0 Å². The Balaban J connectivity index is 1.74. The number of aromatic nitrogens is 1. The van der Waals surface area contributed by atoms with Crippen molar-refractivity contribution in [3.05, 3.63) is 24.4 Å². The van der Waals surface area contributed by atoms with Crippen LogP contribution in [0.3, 0.4) is 0 Å². The van der Waals surface area contributed by atoms with Crippen LogP contribution in [-0.2, 0) is 14.8 Å². The van der Waals surface area contributed by atoms with Gasteiger partial charge in [0, 0.05) is 38.9 Å². The first-order valence-corrected chi connectivity index (χ1v) is 9.39. The second-order valence-electron chi connectivity index (χ2n) is 5.51. The molecule has 0 radical (unpaired) electrons. The molecule has 12 heteroatoms. The number of alkyl carbamates (subject to hydrolysis) is 1. The highest BCUT2D eigenvalue weighted by atomic mass is 32.2. The summed E-state index contributed by atoms with van der Waals surface area (Å²) in [6.45, 7) is -0.593. The fourth-order valence-corrected chi connectivity index (χ4v) is 3.68. The number of sulfonamides is 1. The van der Waals surface area contributed by atoms with E-state index in [0.29, 0.717) is 13.1 Å². The third-order valence-corrected chi connectivity index (χ3v) is 5.47. The van der Waals surface area contributed by atoms with Gasteiger partial charge in [0.15, 0.2) is 6.61 Å². The number of alkyl halides is 3. The van der Waals surface area contributed by atoms with Crippen molar-refractivity contribution in [3.8, 4) is 0 Å². The first-order valence-electron chi connectivity index (χ1n) is 7.78. The molecular weight excluding hydrogens is 377 g/mol. The van der Waals surface area contributed by atoms with E-state index in [0.717, 1.165) is 5.82 Å². The van der Waals surface area contributed by atoms with Gasteiger partial charge in [-0.15, -0.1) is 0 Å². The summed E-state index contributed by atoms with van der Waals surface area (Å²) in [6.07, 6.45) is -4.28. The summed E-state index contributed by atoms with van der Waals surface area (Å²) in [7, 11) is -3.63. The number of carbonyl (C=O) groups is 1. The molecule has 8 nitrogen and oxygen atoms in total. The van der Waals surface area contributed by atoms with Crippen molar-refractivity contribution in [2.24, 2.45) is 0 Å². The normalized spacial score (nSPS) is 16.3. The number of hydrogen-bond acceptors (Lipinski definition) is 6. The Bertz CT molecular complexity index is 692. The smallest absolute Gasteiger partial charge is 0.422 e. The van der Waals surface area contributed by atoms with Crippen LogP contribution in [0.5, 0.6) is 0 Å². The fraction of sp³-hybridized carbons (Fsp3) is 0.571. The van der Waals surface area contributed by atoms with E-state index in [4.69, 9.17) is 0 Å². The molecule has 26 heavy (non-hydrogen) atoms. The third-order valence-electron chi connectivity index (χ3n) is 3.60. The molecule has 1 aliphatic heterocycles. The van der Waals surface area contributed by atoms with E-state index in [9.17, 15) is 26.4 Å². The minimum absolute atomic E-state index is 0.261. The number of amides is 1. The van der Waals surface area contributed by atoms with Gasteiger partial charge in [0.1, 0.15) is 5.82 Å². The molecule has 1 amide bonds. The molecule has 2 rings (SSSR count). The van der Waals surface area contributed by atoms with Gasteiger partial charge in [-0.2, -0.15) is 17.5 Å². The molecule has 0 saturated carbocycles. The number of hydrogen-bond donors (Lipinski definition) is 1. The Kier molecular flexibility index (Phi) is 6.64. The summed E-state index contributed by atoms with van der Waals surface area (Å²) < 4.78 is 65.4. The van der Waals surface area contributed by atoms with Gasteiger partial charge in [-0.05, 0) is 12.1 Å². The molecule has 2 heterocycles. The van der Waals surface area contributed by atoms with Crippen LogP contribution in [0.1, 0.15) is 0 Å². The number of nitrogens with one attached hydrogen (secondary N) is 1. The lowest BCUT2D eigenvalue weighted by atomic mass is 10.3. The summed E-state index contributed by atoms with van der Waals surface area (Å²) in [6, 6.07) is 5.46. The Hall–Kier alpha value is -2.08. The van der Waals surface area contributed by atoms with Crippen LogP contribution >= 0.6 is 0 Å². The first-order chi connectivity index (χ1) is 12.2. The Morgan fingerprint density at radius 2 is 1.92 bits per heavy atom. The zero-order valence-corrected chi connectivity index (χ0v) is 14.6. The number of ether oxygens (including phenoxy) is 1. The molecule has 0 spiro atoms. The van der Waals surface area contributed by atoms with Crippen molar-refractivity contribution in [2.75, 3.05) is 50.0 Å². The first kappa shape index (κ1) is 20.2. The fourth-order valence-electron chi connectivity index (χ4n) is 2.35. The SMILES string of the molecule is O=C(NCCS(=O)(=O)N1CCN(c2ccccn2)CC1)OCC(F)(F)F. The maximum Gasteiger partial charge on any atom is 0.422 e. The van der Waals surface area contributed by atoms with Gasteiger partial charge in [0.25, 0.3) is 0 Å². The molecule has 1 aromatic rings. The maximum absolute atomic E-state index is 12.2. The second kappa shape index (κ2) is 8.54. The van der Waals surface area contributed by atoms with E-state index < -0.39 is 34.7 Å². The molecule has 146 valence electrons. The predicted octanol–water partition coefficient (Wildman–Crippen LogP) is 0.822. The van der Waals surface area contributed by atoms with E-state index in [1.165, 1.54) is 4.31 Å². The summed E-state index contributed by atoms with van der Waals surface area (Å²) >= 11 is 0. The molecule has 1 N–H and O–H groups in total. The average Bonchev–Trinajstić information content (AvgIpc) is 2.60. The van der Waals surface area contributed by atoms with Crippen LogP contribution in [0, 0.1) is 0 Å². The largest absolute Gasteiger partial charge is 0.440 e. The van der Waals surface area contributed by atoms with Gasteiger partial charge >= 0.3 is 12.3 Å². The molecular formula is C14H19F3N4O4S. The van der Waals surface area contributed by atoms with E-state index in [1.807, 2.05) is 22.3 Å². The number of piperazine rings is 1. The zero-order valence-electron chi connectivity index (χ0n) is 13.8. The number of nitrogens with zero attached hydrogens (tertiary/aromatic N) is 3. The van der Waals surface area contributed by atoms with Gasteiger partial charge in [-0.1, -0.05) is 6.07 Å². The monoisotopic (exact) mass is 396 g/mol. The quantitative estimate of drug-likeness (QED) is 0.766. The van der Waals surface area contributed by atoms with E-state index in [-0.39, 0.29) is 19.6 Å². The van der Waals surface area contributed by atoms with Crippen molar-refractivity contribution < 1.29 is 31.1 Å². The number of rotatable bonds is 6. The lowest BCUT2D eigenvalue weighted by molar-refractivity contribution is -0.160. The summed E-state index contributed by atoms with van der Waals surface area (Å²) in [5.74, 6) is 0.344. The highest BCUT2D eigenvalue weighted by molar-refractivity contribution is 7.89. The maximum atomic E-state index is 12.2. The highest BCUT2D eigenvalue weighted by Gasteiger charge is 2.30. The van der Waals surface area contributed by atoms with Crippen LogP contribution in [0.4, 0.5) is 23.8 Å². The van der Waals surface area contributed by atoms with Gasteiger partial charge in [0.2, 0.25) is 10.0 Å². The van der Waals surface area contributed by atoms with E-state index in [2.05, 4.69) is 9.72 Å². The van der Waals surface area contributed by atoms with Crippen molar-refractivity contribution in [3.63, 3.8) is 0 Å². The van der Waals surface area contributed by atoms with Crippen LogP contribution in [0.25, 0.3) is 0 Å². The van der Waals surface area contributed by atoms with Crippen molar-refractivity contribution in [2.45, 2.75) is 6.18 Å². The lowest BCUT2D eigenvalue weighted by Crippen LogP contribution is -2.50. The molecule has 0 atom stereocenters. The molecule has 1 aliphatic rings. The van der Waals surface area contributed by atoms with Crippen molar-refractivity contribution >= 4 is 21.9 Å². The molecule has 1 saturated heterocycles. The van der Waals surface area contributed by atoms with Crippen LogP contribution in [0.2, 0.25) is 0 Å². The summed E-state index contributed by atoms with van der Waals surface area (Å²) in [5, 5.41) is 2.00. The predicted molar refractivity (Wildman–Crippen MR) is 87.2 cm³/mol. The van der Waals surface area contributed by atoms with E-state index >= 15 is 0 Å². The second-order valence-corrected chi connectivity index (χ2v) is 7.60. The number of pyridine rings is 1. The number of anilines is 1. The molecule has 0 bridgehead atoms. The average molecular weight is 396 g/mol. The number of halogens is 3. The Labute approximate surface area is 149 Å². The standard InChI is InChI=1S/C14H19F3N4O4S/c15-14(16,17)11-25-13(22)19-5-10-26(23,24)21-8-6-20(7-9-21)12-3-1-2-4-18-12/h1-4H,5-11H2,(H,19,22). The number of carbonyl (C=O) groups excluding carboxylic acids is 1. The highest BCUT2D eigenvalue weighted by Crippen LogP contribution is 2.15. The molecule has 0 unspecified atom stereocenters. The molecule has 1 fully saturated rings. The lowest BCUT2D eigenvalue weighted by Gasteiger charge is -2.34. The minimum Gasteiger partial charge on any atom is -0.440 e.